The van der Waals surface area contributed by atoms with Gasteiger partial charge in [-0.1, -0.05) is 12.1 Å². The van der Waals surface area contributed by atoms with Crippen LogP contribution in [0.4, 0.5) is 14.5 Å². The first kappa shape index (κ1) is 23.2. The Labute approximate surface area is 193 Å². The standard InChI is InChI=1S/C22H19F2N5O4S/c1-33-19-10-26-17(9-27-19)22(30)28-14-6-7-16(24)15(8-14)18-11-34(31,32)20(21(25)29-18)12-2-4-13(23)5-3-12/h2-10,18,20H,11H2,1H3,(H2,25,29)(H,28,30). The van der Waals surface area contributed by atoms with E-state index in [1.54, 1.807) is 0 Å². The van der Waals surface area contributed by atoms with Gasteiger partial charge in [-0.15, -0.1) is 0 Å². The number of ether oxygens (including phenoxy) is 1. The van der Waals surface area contributed by atoms with Crippen LogP contribution in [0.1, 0.15) is 32.9 Å². The lowest BCUT2D eigenvalue weighted by Crippen LogP contribution is -2.37. The monoisotopic (exact) mass is 487 g/mol. The second kappa shape index (κ2) is 9.14. The number of nitrogens with two attached hydrogens (primary N) is 1. The molecule has 0 aliphatic carbocycles. The van der Waals surface area contributed by atoms with Gasteiger partial charge in [-0.2, -0.15) is 0 Å². The molecule has 1 aromatic heterocycles. The zero-order chi connectivity index (χ0) is 24.5. The maximum absolute atomic E-state index is 14.6. The number of halogens is 2. The number of methoxy groups -OCH3 is 1. The van der Waals surface area contributed by atoms with Crippen LogP contribution < -0.4 is 15.8 Å². The highest BCUT2D eigenvalue weighted by Gasteiger charge is 2.38. The number of amidine groups is 1. The van der Waals surface area contributed by atoms with Crippen LogP contribution in [0.25, 0.3) is 0 Å². The molecule has 0 radical (unpaired) electrons. The zero-order valence-corrected chi connectivity index (χ0v) is 18.6. The first-order chi connectivity index (χ1) is 16.2. The van der Waals surface area contributed by atoms with Gasteiger partial charge in [0.2, 0.25) is 5.88 Å². The molecule has 3 aromatic rings. The number of benzene rings is 2. The van der Waals surface area contributed by atoms with E-state index in [1.165, 1.54) is 43.8 Å². The topological polar surface area (TPSA) is 137 Å². The molecule has 0 bridgehead atoms. The lowest BCUT2D eigenvalue weighted by molar-refractivity contribution is 0.102. The number of carbonyl (C=O) groups is 1. The van der Waals surface area contributed by atoms with E-state index in [-0.39, 0.29) is 34.2 Å². The van der Waals surface area contributed by atoms with E-state index < -0.39 is 44.4 Å². The van der Waals surface area contributed by atoms with E-state index in [0.717, 1.165) is 18.2 Å². The summed E-state index contributed by atoms with van der Waals surface area (Å²) in [5, 5.41) is 1.30. The van der Waals surface area contributed by atoms with Crippen molar-refractivity contribution in [3.8, 4) is 5.88 Å². The molecule has 1 aliphatic heterocycles. The van der Waals surface area contributed by atoms with Crippen molar-refractivity contribution in [2.24, 2.45) is 10.7 Å². The van der Waals surface area contributed by atoms with Crippen LogP contribution in [0.15, 0.2) is 59.9 Å². The fraction of sp³-hybridized carbons (Fsp3) is 0.182. The number of anilines is 1. The second-order valence-electron chi connectivity index (χ2n) is 7.47. The predicted octanol–water partition coefficient (Wildman–Crippen LogP) is 2.58. The summed E-state index contributed by atoms with van der Waals surface area (Å²) in [5.41, 5.74) is 6.39. The summed E-state index contributed by atoms with van der Waals surface area (Å²) in [5.74, 6) is -2.36. The molecule has 0 saturated heterocycles. The Morgan fingerprint density at radius 1 is 1.12 bits per heavy atom. The molecule has 1 aliphatic rings. The highest BCUT2D eigenvalue weighted by molar-refractivity contribution is 7.92. The molecule has 0 saturated carbocycles. The summed E-state index contributed by atoms with van der Waals surface area (Å²) in [6, 6.07) is 7.47. The van der Waals surface area contributed by atoms with Gasteiger partial charge in [-0.25, -0.2) is 27.2 Å². The molecule has 0 spiro atoms. The number of nitrogens with one attached hydrogen (secondary N) is 1. The molecule has 4 rings (SSSR count). The number of rotatable bonds is 5. The van der Waals surface area contributed by atoms with Crippen LogP contribution in [-0.4, -0.2) is 43.0 Å². The molecule has 12 heteroatoms. The highest BCUT2D eigenvalue weighted by Crippen LogP contribution is 2.35. The van der Waals surface area contributed by atoms with Gasteiger partial charge < -0.3 is 15.8 Å². The Bertz CT molecular complexity index is 1360. The van der Waals surface area contributed by atoms with Crippen LogP contribution in [0.2, 0.25) is 0 Å². The third-order valence-corrected chi connectivity index (χ3v) is 7.19. The normalized spacial score (nSPS) is 19.2. The van der Waals surface area contributed by atoms with Crippen LogP contribution >= 0.6 is 0 Å². The number of hydrogen-bond donors (Lipinski definition) is 2. The van der Waals surface area contributed by atoms with Crippen molar-refractivity contribution >= 4 is 27.3 Å². The third kappa shape index (κ3) is 4.71. The Balaban J connectivity index is 1.61. The largest absolute Gasteiger partial charge is 0.480 e. The quantitative estimate of drug-likeness (QED) is 0.564. The fourth-order valence-corrected chi connectivity index (χ4v) is 5.46. The number of aliphatic imine (C=N–C) groups is 1. The van der Waals surface area contributed by atoms with Crippen LogP contribution in [0.3, 0.4) is 0 Å². The van der Waals surface area contributed by atoms with Gasteiger partial charge >= 0.3 is 0 Å². The first-order valence-electron chi connectivity index (χ1n) is 9.95. The Kier molecular flexibility index (Phi) is 6.24. The molecule has 3 N–H and O–H groups in total. The van der Waals surface area contributed by atoms with Crippen LogP contribution in [0, 0.1) is 11.6 Å². The molecule has 1 amide bonds. The summed E-state index contributed by atoms with van der Waals surface area (Å²) >= 11 is 0. The first-order valence-corrected chi connectivity index (χ1v) is 11.7. The van der Waals surface area contributed by atoms with Crippen molar-refractivity contribution in [1.82, 2.24) is 9.97 Å². The second-order valence-corrected chi connectivity index (χ2v) is 9.60. The van der Waals surface area contributed by atoms with E-state index in [9.17, 15) is 22.0 Å². The third-order valence-electron chi connectivity index (χ3n) is 5.18. The average molecular weight is 487 g/mol. The summed E-state index contributed by atoms with van der Waals surface area (Å²) in [6.45, 7) is 0. The van der Waals surface area contributed by atoms with Gasteiger partial charge in [0.15, 0.2) is 9.84 Å². The Morgan fingerprint density at radius 3 is 2.47 bits per heavy atom. The van der Waals surface area contributed by atoms with Gasteiger partial charge in [0.05, 0.1) is 31.3 Å². The molecule has 2 heterocycles. The minimum absolute atomic E-state index is 0.00340. The molecular weight excluding hydrogens is 468 g/mol. The van der Waals surface area contributed by atoms with Crippen molar-refractivity contribution in [2.75, 3.05) is 18.2 Å². The smallest absolute Gasteiger partial charge is 0.275 e. The van der Waals surface area contributed by atoms with E-state index in [2.05, 4.69) is 20.3 Å². The summed E-state index contributed by atoms with van der Waals surface area (Å²) in [7, 11) is -2.49. The summed E-state index contributed by atoms with van der Waals surface area (Å²) < 4.78 is 58.8. The number of nitrogens with zero attached hydrogens (tertiary/aromatic N) is 3. The summed E-state index contributed by atoms with van der Waals surface area (Å²) in [6.07, 6.45) is 2.49. The van der Waals surface area contributed by atoms with Crippen LogP contribution in [-0.2, 0) is 9.84 Å². The number of aromatic nitrogens is 2. The number of hydrogen-bond acceptors (Lipinski definition) is 8. The molecule has 9 nitrogen and oxygen atoms in total. The van der Waals surface area contributed by atoms with Crippen molar-refractivity contribution in [1.29, 1.82) is 0 Å². The number of carbonyl (C=O) groups excluding carboxylic acids is 1. The number of sulfone groups is 1. The fourth-order valence-electron chi connectivity index (χ4n) is 3.57. The van der Waals surface area contributed by atoms with E-state index in [1.807, 2.05) is 0 Å². The van der Waals surface area contributed by atoms with Crippen LogP contribution in [0.5, 0.6) is 5.88 Å². The molecule has 176 valence electrons. The van der Waals surface area contributed by atoms with Crippen molar-refractivity contribution < 1.29 is 26.7 Å². The van der Waals surface area contributed by atoms with Crippen molar-refractivity contribution in [3.63, 3.8) is 0 Å². The van der Waals surface area contributed by atoms with Gasteiger partial charge in [0, 0.05) is 11.3 Å². The molecule has 2 atom stereocenters. The van der Waals surface area contributed by atoms with Gasteiger partial charge in [0.1, 0.15) is 28.4 Å². The maximum atomic E-state index is 14.6. The zero-order valence-electron chi connectivity index (χ0n) is 17.8. The minimum Gasteiger partial charge on any atom is -0.480 e. The van der Waals surface area contributed by atoms with E-state index in [4.69, 9.17) is 10.5 Å². The minimum atomic E-state index is -3.90. The van der Waals surface area contributed by atoms with E-state index in [0.29, 0.717) is 0 Å². The highest BCUT2D eigenvalue weighted by atomic mass is 32.2. The molecular formula is C22H19F2N5O4S. The lowest BCUT2D eigenvalue weighted by Gasteiger charge is -2.27. The van der Waals surface area contributed by atoms with Gasteiger partial charge in [0.25, 0.3) is 5.91 Å². The Hall–Kier alpha value is -3.93. The van der Waals surface area contributed by atoms with Crippen molar-refractivity contribution in [2.45, 2.75) is 11.3 Å². The maximum Gasteiger partial charge on any atom is 0.275 e. The van der Waals surface area contributed by atoms with Gasteiger partial charge in [-0.05, 0) is 35.9 Å². The molecule has 0 fully saturated rings. The average Bonchev–Trinajstić information content (AvgIpc) is 2.80. The lowest BCUT2D eigenvalue weighted by atomic mass is 10.1. The predicted molar refractivity (Wildman–Crippen MR) is 120 cm³/mol. The molecule has 2 aromatic carbocycles. The van der Waals surface area contributed by atoms with Gasteiger partial charge in [-0.3, -0.25) is 9.79 Å². The molecule has 34 heavy (non-hydrogen) atoms. The Morgan fingerprint density at radius 2 is 1.85 bits per heavy atom. The number of amides is 1. The molecule has 2 unspecified atom stereocenters. The SMILES string of the molecule is COc1cnc(C(=O)Nc2ccc(F)c(C3CS(=O)(=O)C(c4ccc(F)cc4)C(N)=N3)c2)cn1. The summed E-state index contributed by atoms with van der Waals surface area (Å²) in [4.78, 5) is 24.5. The van der Waals surface area contributed by atoms with E-state index >= 15 is 0 Å². The van der Waals surface area contributed by atoms with Crippen molar-refractivity contribution in [3.05, 3.63) is 83.3 Å².